The van der Waals surface area contributed by atoms with Crippen molar-refractivity contribution in [1.29, 1.82) is 0 Å². The van der Waals surface area contributed by atoms with E-state index in [0.717, 1.165) is 5.56 Å². The molecule has 2 aromatic rings. The van der Waals surface area contributed by atoms with Gasteiger partial charge >= 0.3 is 0 Å². The van der Waals surface area contributed by atoms with Crippen LogP contribution in [-0.2, 0) is 11.3 Å². The van der Waals surface area contributed by atoms with E-state index in [1.54, 1.807) is 50.4 Å². The van der Waals surface area contributed by atoms with Crippen molar-refractivity contribution in [2.75, 3.05) is 21.3 Å². The maximum absolute atomic E-state index is 12.8. The van der Waals surface area contributed by atoms with Crippen LogP contribution >= 0.6 is 11.6 Å². The first-order valence-electron chi connectivity index (χ1n) is 8.36. The highest BCUT2D eigenvalue weighted by atomic mass is 35.5. The first kappa shape index (κ1) is 19.9. The molecule has 2 rings (SSSR count). The zero-order valence-corrected chi connectivity index (χ0v) is 16.2. The Morgan fingerprint density at radius 2 is 1.85 bits per heavy atom. The molecule has 0 aliphatic carbocycles. The molecule has 5 nitrogen and oxygen atoms in total. The van der Waals surface area contributed by atoms with Crippen molar-refractivity contribution in [2.45, 2.75) is 26.0 Å². The summed E-state index contributed by atoms with van der Waals surface area (Å²) >= 11 is 5.98. The van der Waals surface area contributed by atoms with Crippen molar-refractivity contribution in [3.8, 4) is 17.2 Å². The summed E-state index contributed by atoms with van der Waals surface area (Å²) in [5.74, 6) is 1.77. The number of hydrogen-bond donors (Lipinski definition) is 0. The van der Waals surface area contributed by atoms with Gasteiger partial charge in [-0.2, -0.15) is 0 Å². The SMILES string of the molecule is CC[C@H](Oc1cccc(Cl)c1)C(=O)N(C)Cc1ccc(OC)c(OC)c1. The Kier molecular flexibility index (Phi) is 7.16. The minimum Gasteiger partial charge on any atom is -0.493 e. The molecule has 0 heterocycles. The molecule has 0 aliphatic heterocycles. The largest absolute Gasteiger partial charge is 0.493 e. The van der Waals surface area contributed by atoms with Crippen molar-refractivity contribution in [3.05, 3.63) is 53.1 Å². The fourth-order valence-electron chi connectivity index (χ4n) is 2.59. The lowest BCUT2D eigenvalue weighted by Crippen LogP contribution is -2.39. The highest BCUT2D eigenvalue weighted by Gasteiger charge is 2.22. The lowest BCUT2D eigenvalue weighted by Gasteiger charge is -2.24. The first-order valence-corrected chi connectivity index (χ1v) is 8.74. The van der Waals surface area contributed by atoms with E-state index < -0.39 is 6.10 Å². The summed E-state index contributed by atoms with van der Waals surface area (Å²) in [5.41, 5.74) is 0.941. The number of ether oxygens (including phenoxy) is 3. The summed E-state index contributed by atoms with van der Waals surface area (Å²) in [7, 11) is 4.93. The van der Waals surface area contributed by atoms with E-state index in [-0.39, 0.29) is 5.91 Å². The zero-order valence-electron chi connectivity index (χ0n) is 15.5. The molecular formula is C20H24ClNO4. The molecule has 6 heteroatoms. The molecule has 1 atom stereocenters. The van der Waals surface area contributed by atoms with Gasteiger partial charge in [-0.3, -0.25) is 4.79 Å². The molecule has 1 amide bonds. The molecule has 0 unspecified atom stereocenters. The number of benzene rings is 2. The fourth-order valence-corrected chi connectivity index (χ4v) is 2.77. The van der Waals surface area contributed by atoms with Gasteiger partial charge < -0.3 is 19.1 Å². The normalized spacial score (nSPS) is 11.6. The van der Waals surface area contributed by atoms with Gasteiger partial charge in [0.15, 0.2) is 17.6 Å². The summed E-state index contributed by atoms with van der Waals surface area (Å²) in [6, 6.07) is 12.6. The van der Waals surface area contributed by atoms with E-state index >= 15 is 0 Å². The molecule has 0 fully saturated rings. The van der Waals surface area contributed by atoms with Gasteiger partial charge in [0.1, 0.15) is 5.75 Å². The Morgan fingerprint density at radius 3 is 2.46 bits per heavy atom. The van der Waals surface area contributed by atoms with Crippen molar-refractivity contribution < 1.29 is 19.0 Å². The highest BCUT2D eigenvalue weighted by molar-refractivity contribution is 6.30. The van der Waals surface area contributed by atoms with Crippen LogP contribution in [0.2, 0.25) is 5.02 Å². The second-order valence-corrected chi connectivity index (χ2v) is 6.29. The maximum Gasteiger partial charge on any atom is 0.263 e. The summed E-state index contributed by atoms with van der Waals surface area (Å²) in [6.45, 7) is 2.35. The third-order valence-electron chi connectivity index (χ3n) is 3.96. The summed E-state index contributed by atoms with van der Waals surface area (Å²) in [6.07, 6.45) is -0.0136. The fraction of sp³-hybridized carbons (Fsp3) is 0.350. The molecule has 26 heavy (non-hydrogen) atoms. The van der Waals surface area contributed by atoms with E-state index in [1.807, 2.05) is 25.1 Å². The summed E-state index contributed by atoms with van der Waals surface area (Å²) in [4.78, 5) is 14.4. The predicted molar refractivity (Wildman–Crippen MR) is 102 cm³/mol. The number of likely N-dealkylation sites (N-methyl/N-ethyl adjacent to an activating group) is 1. The first-order chi connectivity index (χ1) is 12.5. The Hall–Kier alpha value is -2.40. The van der Waals surface area contributed by atoms with Crippen LogP contribution < -0.4 is 14.2 Å². The lowest BCUT2D eigenvalue weighted by molar-refractivity contribution is -0.138. The summed E-state index contributed by atoms with van der Waals surface area (Å²) in [5, 5.41) is 0.573. The number of hydrogen-bond acceptors (Lipinski definition) is 4. The average molecular weight is 378 g/mol. The van der Waals surface area contributed by atoms with Crippen molar-refractivity contribution >= 4 is 17.5 Å². The minimum atomic E-state index is -0.571. The van der Waals surface area contributed by atoms with E-state index in [4.69, 9.17) is 25.8 Å². The van der Waals surface area contributed by atoms with Crippen molar-refractivity contribution in [3.63, 3.8) is 0 Å². The van der Waals surface area contributed by atoms with E-state index in [9.17, 15) is 4.79 Å². The van der Waals surface area contributed by atoms with Crippen LogP contribution in [0.3, 0.4) is 0 Å². The molecule has 0 aliphatic rings. The standard InChI is InChI=1S/C20H24ClNO4/c1-5-17(26-16-8-6-7-15(21)12-16)20(23)22(2)13-14-9-10-18(24-3)19(11-14)25-4/h6-12,17H,5,13H2,1-4H3/t17-/m0/s1. The van der Waals surface area contributed by atoms with Crippen molar-refractivity contribution in [1.82, 2.24) is 4.90 Å². The summed E-state index contributed by atoms with van der Waals surface area (Å²) < 4.78 is 16.4. The van der Waals surface area contributed by atoms with Crippen molar-refractivity contribution in [2.24, 2.45) is 0 Å². The molecule has 0 saturated heterocycles. The van der Waals surface area contributed by atoms with Gasteiger partial charge in [0.2, 0.25) is 0 Å². The quantitative estimate of drug-likeness (QED) is 0.692. The monoisotopic (exact) mass is 377 g/mol. The molecule has 0 spiro atoms. The van der Waals surface area contributed by atoms with Gasteiger partial charge in [0, 0.05) is 18.6 Å². The highest BCUT2D eigenvalue weighted by Crippen LogP contribution is 2.28. The molecule has 0 bridgehead atoms. The van der Waals surface area contributed by atoms with Gasteiger partial charge in [-0.1, -0.05) is 30.7 Å². The van der Waals surface area contributed by atoms with Crippen LogP contribution in [0.5, 0.6) is 17.2 Å². The molecular weight excluding hydrogens is 354 g/mol. The van der Waals surface area contributed by atoms with Gasteiger partial charge in [0.05, 0.1) is 14.2 Å². The number of halogens is 1. The molecule has 140 valence electrons. The van der Waals surface area contributed by atoms with Gasteiger partial charge in [-0.05, 0) is 42.3 Å². The van der Waals surface area contributed by atoms with Crippen LogP contribution in [0.25, 0.3) is 0 Å². The van der Waals surface area contributed by atoms with Crippen LogP contribution in [0.1, 0.15) is 18.9 Å². The topological polar surface area (TPSA) is 48.0 Å². The number of amides is 1. The van der Waals surface area contributed by atoms with E-state index in [0.29, 0.717) is 35.2 Å². The molecule has 0 N–H and O–H groups in total. The second kappa shape index (κ2) is 9.34. The van der Waals surface area contributed by atoms with E-state index in [1.165, 1.54) is 0 Å². The Labute approximate surface area is 159 Å². The number of methoxy groups -OCH3 is 2. The van der Waals surface area contributed by atoms with Gasteiger partial charge in [0.25, 0.3) is 5.91 Å². The Morgan fingerprint density at radius 1 is 1.12 bits per heavy atom. The average Bonchev–Trinajstić information content (AvgIpc) is 2.65. The Balaban J connectivity index is 2.07. The number of carbonyl (C=O) groups excluding carboxylic acids is 1. The zero-order chi connectivity index (χ0) is 19.1. The third-order valence-corrected chi connectivity index (χ3v) is 4.20. The minimum absolute atomic E-state index is 0.0951. The molecule has 0 saturated carbocycles. The predicted octanol–water partition coefficient (Wildman–Crippen LogP) is 4.17. The molecule has 0 aromatic heterocycles. The van der Waals surface area contributed by atoms with Crippen LogP contribution in [0.15, 0.2) is 42.5 Å². The molecule has 2 aromatic carbocycles. The van der Waals surface area contributed by atoms with Crippen LogP contribution in [-0.4, -0.2) is 38.2 Å². The number of nitrogens with zero attached hydrogens (tertiary/aromatic N) is 1. The van der Waals surface area contributed by atoms with Crippen LogP contribution in [0, 0.1) is 0 Å². The third kappa shape index (κ3) is 5.05. The smallest absolute Gasteiger partial charge is 0.263 e. The lowest BCUT2D eigenvalue weighted by atomic mass is 10.1. The van der Waals surface area contributed by atoms with Gasteiger partial charge in [-0.15, -0.1) is 0 Å². The van der Waals surface area contributed by atoms with E-state index in [2.05, 4.69) is 0 Å². The number of rotatable bonds is 8. The second-order valence-electron chi connectivity index (χ2n) is 5.86. The number of carbonyl (C=O) groups is 1. The Bertz CT molecular complexity index is 750. The molecule has 0 radical (unpaired) electrons. The van der Waals surface area contributed by atoms with Gasteiger partial charge in [-0.25, -0.2) is 0 Å². The van der Waals surface area contributed by atoms with Crippen LogP contribution in [0.4, 0.5) is 0 Å². The maximum atomic E-state index is 12.8.